The van der Waals surface area contributed by atoms with Crippen LogP contribution in [0.5, 0.6) is 0 Å². The van der Waals surface area contributed by atoms with E-state index in [1.165, 1.54) is 12.1 Å². The van der Waals surface area contributed by atoms with Crippen molar-refractivity contribution in [3.8, 4) is 0 Å². The number of benzene rings is 1. The van der Waals surface area contributed by atoms with Gasteiger partial charge in [0.2, 0.25) is 0 Å². The van der Waals surface area contributed by atoms with Crippen molar-refractivity contribution >= 4 is 49.7 Å². The first kappa shape index (κ1) is 8.25. The van der Waals surface area contributed by atoms with Gasteiger partial charge in [-0.25, -0.2) is 4.39 Å². The highest BCUT2D eigenvalue weighted by Crippen LogP contribution is 2.31. The molecule has 0 unspecified atom stereocenters. The molecular weight excluding hydrogens is 288 g/mol. The zero-order valence-corrected chi connectivity index (χ0v) is 8.95. The third kappa shape index (κ3) is 1.29. The number of fused-ring (bicyclic) bond motifs is 1. The van der Waals surface area contributed by atoms with Gasteiger partial charge in [0.05, 0.1) is 2.88 Å². The molecule has 0 aliphatic heterocycles. The Morgan fingerprint density at radius 2 is 2.08 bits per heavy atom. The number of nitrogen functional groups attached to an aromatic ring is 1. The minimum Gasteiger partial charge on any atom is -0.398 e. The second-order valence-corrected chi connectivity index (χ2v) is 5.44. The maximum absolute atomic E-state index is 12.8. The fourth-order valence-electron chi connectivity index (χ4n) is 1.10. The van der Waals surface area contributed by atoms with E-state index in [1.807, 2.05) is 6.07 Å². The van der Waals surface area contributed by atoms with Crippen LogP contribution in [0.25, 0.3) is 10.1 Å². The molecule has 4 heteroatoms. The normalized spacial score (nSPS) is 10.8. The van der Waals surface area contributed by atoms with Crippen LogP contribution >= 0.6 is 33.9 Å². The van der Waals surface area contributed by atoms with Crippen molar-refractivity contribution in [2.24, 2.45) is 0 Å². The van der Waals surface area contributed by atoms with Crippen LogP contribution in [0.1, 0.15) is 0 Å². The Morgan fingerprint density at radius 3 is 2.83 bits per heavy atom. The van der Waals surface area contributed by atoms with Crippen LogP contribution in [0.4, 0.5) is 10.1 Å². The van der Waals surface area contributed by atoms with Crippen molar-refractivity contribution in [3.63, 3.8) is 0 Å². The molecule has 0 bridgehead atoms. The number of thiophene rings is 1. The zero-order valence-electron chi connectivity index (χ0n) is 5.97. The van der Waals surface area contributed by atoms with E-state index in [-0.39, 0.29) is 5.82 Å². The van der Waals surface area contributed by atoms with Crippen LogP contribution in [0, 0.1) is 8.70 Å². The predicted molar refractivity (Wildman–Crippen MR) is 58.9 cm³/mol. The van der Waals surface area contributed by atoms with Crippen molar-refractivity contribution in [3.05, 3.63) is 26.9 Å². The third-order valence-corrected chi connectivity index (χ3v) is 3.45. The molecule has 1 aromatic carbocycles. The predicted octanol–water partition coefficient (Wildman–Crippen LogP) is 3.23. The molecule has 2 rings (SSSR count). The summed E-state index contributed by atoms with van der Waals surface area (Å²) in [7, 11) is 0. The Kier molecular flexibility index (Phi) is 1.96. The van der Waals surface area contributed by atoms with Gasteiger partial charge >= 0.3 is 0 Å². The molecule has 1 heterocycles. The van der Waals surface area contributed by atoms with Gasteiger partial charge in [-0.15, -0.1) is 11.3 Å². The summed E-state index contributed by atoms with van der Waals surface area (Å²) in [5.41, 5.74) is 6.15. The van der Waals surface area contributed by atoms with E-state index >= 15 is 0 Å². The average molecular weight is 293 g/mol. The van der Waals surface area contributed by atoms with Gasteiger partial charge in [-0.3, -0.25) is 0 Å². The van der Waals surface area contributed by atoms with Crippen molar-refractivity contribution < 1.29 is 4.39 Å². The first-order valence-electron chi connectivity index (χ1n) is 3.31. The van der Waals surface area contributed by atoms with Gasteiger partial charge in [0.25, 0.3) is 0 Å². The van der Waals surface area contributed by atoms with Crippen molar-refractivity contribution in [2.45, 2.75) is 0 Å². The van der Waals surface area contributed by atoms with Crippen LogP contribution in [0.2, 0.25) is 0 Å². The first-order valence-corrected chi connectivity index (χ1v) is 5.20. The molecule has 0 amide bonds. The molecule has 0 spiro atoms. The second kappa shape index (κ2) is 2.85. The molecule has 2 aromatic rings. The lowest BCUT2D eigenvalue weighted by atomic mass is 10.2. The lowest BCUT2D eigenvalue weighted by molar-refractivity contribution is 0.630. The Hall–Kier alpha value is -0.360. The highest BCUT2D eigenvalue weighted by molar-refractivity contribution is 14.1. The Labute approximate surface area is 86.5 Å². The molecule has 2 N–H and O–H groups in total. The number of hydrogen-bond donors (Lipinski definition) is 1. The number of rotatable bonds is 0. The Bertz CT molecular complexity index is 438. The SMILES string of the molecule is Nc1cc(F)cc2sc(I)cc12. The van der Waals surface area contributed by atoms with Crippen molar-refractivity contribution in [1.29, 1.82) is 0 Å². The number of halogens is 2. The summed E-state index contributed by atoms with van der Waals surface area (Å²) in [5.74, 6) is -0.266. The number of anilines is 1. The van der Waals surface area contributed by atoms with Gasteiger partial charge in [0, 0.05) is 15.8 Å². The monoisotopic (exact) mass is 293 g/mol. The summed E-state index contributed by atoms with van der Waals surface area (Å²) in [6.45, 7) is 0. The van der Waals surface area contributed by atoms with E-state index in [1.54, 1.807) is 11.3 Å². The van der Waals surface area contributed by atoms with Gasteiger partial charge in [0.15, 0.2) is 0 Å². The molecular formula is C8H5FINS. The van der Waals surface area contributed by atoms with Gasteiger partial charge in [-0.2, -0.15) is 0 Å². The van der Waals surface area contributed by atoms with E-state index in [4.69, 9.17) is 5.73 Å². The summed E-state index contributed by atoms with van der Waals surface area (Å²) in [5, 5.41) is 0.950. The molecule has 62 valence electrons. The quantitative estimate of drug-likeness (QED) is 0.586. The van der Waals surface area contributed by atoms with Crippen molar-refractivity contribution in [2.75, 3.05) is 5.73 Å². The van der Waals surface area contributed by atoms with Gasteiger partial charge in [0.1, 0.15) is 5.82 Å². The lowest BCUT2D eigenvalue weighted by Gasteiger charge is -1.94. The maximum Gasteiger partial charge on any atom is 0.126 e. The molecule has 0 saturated heterocycles. The zero-order chi connectivity index (χ0) is 8.72. The summed E-state index contributed by atoms with van der Waals surface area (Å²) in [6.07, 6.45) is 0. The minimum absolute atomic E-state index is 0.266. The second-order valence-electron chi connectivity index (χ2n) is 2.46. The van der Waals surface area contributed by atoms with E-state index < -0.39 is 0 Å². The van der Waals surface area contributed by atoms with E-state index in [0.717, 1.165) is 13.0 Å². The fraction of sp³-hybridized carbons (Fsp3) is 0. The first-order chi connectivity index (χ1) is 5.66. The van der Waals surface area contributed by atoms with Gasteiger partial charge < -0.3 is 5.73 Å². The highest BCUT2D eigenvalue weighted by atomic mass is 127. The molecule has 0 aliphatic rings. The molecule has 0 saturated carbocycles. The summed E-state index contributed by atoms with van der Waals surface area (Å²) < 4.78 is 14.9. The van der Waals surface area contributed by atoms with E-state index in [2.05, 4.69) is 22.6 Å². The highest BCUT2D eigenvalue weighted by Gasteiger charge is 2.04. The van der Waals surface area contributed by atoms with Crippen LogP contribution in [0.3, 0.4) is 0 Å². The van der Waals surface area contributed by atoms with Gasteiger partial charge in [-0.05, 0) is 40.8 Å². The lowest BCUT2D eigenvalue weighted by Crippen LogP contribution is -1.85. The van der Waals surface area contributed by atoms with Crippen LogP contribution in [0.15, 0.2) is 18.2 Å². The summed E-state index contributed by atoms with van der Waals surface area (Å²) >= 11 is 3.75. The summed E-state index contributed by atoms with van der Waals surface area (Å²) in [4.78, 5) is 0. The Morgan fingerprint density at radius 1 is 1.33 bits per heavy atom. The molecule has 1 nitrogen and oxygen atoms in total. The Balaban J connectivity index is 2.88. The number of hydrogen-bond acceptors (Lipinski definition) is 2. The molecule has 0 atom stereocenters. The van der Waals surface area contributed by atoms with E-state index in [9.17, 15) is 4.39 Å². The molecule has 0 radical (unpaired) electrons. The molecule has 12 heavy (non-hydrogen) atoms. The van der Waals surface area contributed by atoms with Gasteiger partial charge in [-0.1, -0.05) is 0 Å². The smallest absolute Gasteiger partial charge is 0.126 e. The molecule has 1 aromatic heterocycles. The summed E-state index contributed by atoms with van der Waals surface area (Å²) in [6, 6.07) is 4.83. The minimum atomic E-state index is -0.266. The van der Waals surface area contributed by atoms with Crippen LogP contribution in [-0.4, -0.2) is 0 Å². The van der Waals surface area contributed by atoms with Crippen molar-refractivity contribution in [1.82, 2.24) is 0 Å². The average Bonchev–Trinajstić information content (AvgIpc) is 2.29. The third-order valence-electron chi connectivity index (χ3n) is 1.60. The fourth-order valence-corrected chi connectivity index (χ4v) is 2.97. The number of nitrogens with two attached hydrogens (primary N) is 1. The molecule has 0 fully saturated rings. The van der Waals surface area contributed by atoms with Crippen LogP contribution < -0.4 is 5.73 Å². The molecule has 0 aliphatic carbocycles. The standard InChI is InChI=1S/C8H5FINS/c9-4-1-6(11)5-3-8(10)12-7(5)2-4/h1-3H,11H2. The van der Waals surface area contributed by atoms with Crippen LogP contribution in [-0.2, 0) is 0 Å². The maximum atomic E-state index is 12.8. The largest absolute Gasteiger partial charge is 0.398 e. The topological polar surface area (TPSA) is 26.0 Å². The van der Waals surface area contributed by atoms with E-state index in [0.29, 0.717) is 5.69 Å².